The van der Waals surface area contributed by atoms with Crippen LogP contribution in [0.3, 0.4) is 0 Å². The average molecular weight is 266 g/mol. The van der Waals surface area contributed by atoms with E-state index in [4.69, 9.17) is 0 Å². The topological polar surface area (TPSA) is 96.3 Å². The number of benzene rings is 1. The normalized spacial score (nSPS) is 10.0. The fourth-order valence-electron chi connectivity index (χ4n) is 1.58. The summed E-state index contributed by atoms with van der Waals surface area (Å²) in [5.74, 6) is -0.345. The molecule has 0 aliphatic heterocycles. The van der Waals surface area contributed by atoms with Gasteiger partial charge in [-0.3, -0.25) is 14.9 Å². The summed E-state index contributed by atoms with van der Waals surface area (Å²) < 4.78 is 0. The Labute approximate surface area is 111 Å². The van der Waals surface area contributed by atoms with E-state index in [1.54, 1.807) is 12.1 Å². The smallest absolute Gasteiger partial charge is 0.293 e. The summed E-state index contributed by atoms with van der Waals surface area (Å²) in [7, 11) is 1.48. The maximum atomic E-state index is 11.4. The second-order valence-electron chi connectivity index (χ2n) is 3.85. The number of nitrogens with one attached hydrogen (secondary N) is 3. The van der Waals surface area contributed by atoms with Crippen LogP contribution in [-0.2, 0) is 0 Å². The predicted molar refractivity (Wildman–Crippen MR) is 73.5 cm³/mol. The van der Waals surface area contributed by atoms with Crippen LogP contribution >= 0.6 is 0 Å². The van der Waals surface area contributed by atoms with Gasteiger partial charge in [-0.25, -0.2) is 0 Å². The van der Waals surface area contributed by atoms with Crippen LogP contribution in [0.2, 0.25) is 0 Å². The molecule has 0 aromatic heterocycles. The summed E-state index contributed by atoms with van der Waals surface area (Å²) in [5, 5.41) is 19.5. The molecule has 1 aromatic carbocycles. The first-order chi connectivity index (χ1) is 9.10. The first-order valence-corrected chi connectivity index (χ1v) is 6.05. The lowest BCUT2D eigenvalue weighted by molar-refractivity contribution is -0.384. The summed E-state index contributed by atoms with van der Waals surface area (Å²) in [6, 6.07) is 4.38. The Kier molecular flexibility index (Phi) is 5.74. The number of rotatable bonds is 7. The number of anilines is 1. The molecule has 0 heterocycles. The van der Waals surface area contributed by atoms with Gasteiger partial charge in [-0.2, -0.15) is 0 Å². The van der Waals surface area contributed by atoms with Crippen molar-refractivity contribution < 1.29 is 9.72 Å². The van der Waals surface area contributed by atoms with E-state index >= 15 is 0 Å². The van der Waals surface area contributed by atoms with Crippen molar-refractivity contribution in [3.63, 3.8) is 0 Å². The summed E-state index contributed by atoms with van der Waals surface area (Å²) in [6.07, 6.45) is 0. The second kappa shape index (κ2) is 7.32. The summed E-state index contributed by atoms with van der Waals surface area (Å²) in [4.78, 5) is 21.9. The minimum atomic E-state index is -0.498. The highest BCUT2D eigenvalue weighted by atomic mass is 16.6. The molecular formula is C12H18N4O3. The van der Waals surface area contributed by atoms with Crippen LogP contribution < -0.4 is 16.0 Å². The maximum Gasteiger partial charge on any atom is 0.293 e. The minimum absolute atomic E-state index is 0.0994. The molecule has 1 rings (SSSR count). The quantitative estimate of drug-likeness (QED) is 0.388. The zero-order valence-corrected chi connectivity index (χ0v) is 11.0. The number of nitrogens with zero attached hydrogens (tertiary/aromatic N) is 1. The molecule has 0 saturated carbocycles. The van der Waals surface area contributed by atoms with Gasteiger partial charge in [0.15, 0.2) is 0 Å². The highest BCUT2D eigenvalue weighted by Crippen LogP contribution is 2.25. The highest BCUT2D eigenvalue weighted by molar-refractivity contribution is 5.95. The number of carbonyl (C=O) groups is 1. The number of amides is 1. The van der Waals surface area contributed by atoms with Crippen molar-refractivity contribution >= 4 is 17.3 Å². The van der Waals surface area contributed by atoms with Crippen LogP contribution in [0.5, 0.6) is 0 Å². The van der Waals surface area contributed by atoms with Crippen molar-refractivity contribution in [3.05, 3.63) is 33.9 Å². The molecular weight excluding hydrogens is 248 g/mol. The Balaban J connectivity index is 2.86. The summed E-state index contributed by atoms with van der Waals surface area (Å²) >= 11 is 0. The van der Waals surface area contributed by atoms with Crippen LogP contribution in [0.4, 0.5) is 11.4 Å². The predicted octanol–water partition coefficient (Wildman–Crippen LogP) is 0.976. The number of carbonyl (C=O) groups excluding carboxylic acids is 1. The number of likely N-dealkylation sites (N-methyl/N-ethyl adjacent to an activating group) is 1. The highest BCUT2D eigenvalue weighted by Gasteiger charge is 2.16. The molecule has 0 bridgehead atoms. The molecule has 0 radical (unpaired) electrons. The average Bonchev–Trinajstić information content (AvgIpc) is 2.42. The van der Waals surface area contributed by atoms with Crippen LogP contribution in [0, 0.1) is 10.1 Å². The summed E-state index contributed by atoms with van der Waals surface area (Å²) in [6.45, 7) is 4.12. The zero-order chi connectivity index (χ0) is 14.3. The third-order valence-electron chi connectivity index (χ3n) is 2.55. The zero-order valence-electron chi connectivity index (χ0n) is 11.0. The van der Waals surface area contributed by atoms with Gasteiger partial charge in [-0.1, -0.05) is 6.92 Å². The number of nitro benzene ring substituents is 1. The Morgan fingerprint density at radius 1 is 1.37 bits per heavy atom. The molecule has 0 spiro atoms. The Bertz CT molecular complexity index is 462. The molecule has 0 aliphatic rings. The van der Waals surface area contributed by atoms with Crippen LogP contribution in [0.1, 0.15) is 17.3 Å². The molecule has 0 saturated heterocycles. The van der Waals surface area contributed by atoms with Gasteiger partial charge in [0.2, 0.25) is 0 Å². The Hall–Kier alpha value is -2.15. The van der Waals surface area contributed by atoms with Gasteiger partial charge in [-0.15, -0.1) is 0 Å². The Morgan fingerprint density at radius 3 is 2.68 bits per heavy atom. The van der Waals surface area contributed by atoms with Gasteiger partial charge < -0.3 is 16.0 Å². The fourth-order valence-corrected chi connectivity index (χ4v) is 1.58. The molecule has 0 aliphatic carbocycles. The second-order valence-corrected chi connectivity index (χ2v) is 3.85. The van der Waals surface area contributed by atoms with Crippen LogP contribution in [-0.4, -0.2) is 37.5 Å². The van der Waals surface area contributed by atoms with E-state index in [1.165, 1.54) is 13.1 Å². The van der Waals surface area contributed by atoms with Gasteiger partial charge in [0, 0.05) is 31.8 Å². The van der Waals surface area contributed by atoms with Crippen molar-refractivity contribution in [1.29, 1.82) is 0 Å². The van der Waals surface area contributed by atoms with E-state index in [-0.39, 0.29) is 17.2 Å². The Morgan fingerprint density at radius 2 is 2.11 bits per heavy atom. The van der Waals surface area contributed by atoms with Gasteiger partial charge in [0.1, 0.15) is 5.69 Å². The first kappa shape index (κ1) is 14.9. The van der Waals surface area contributed by atoms with E-state index in [0.29, 0.717) is 18.8 Å². The van der Waals surface area contributed by atoms with Crippen molar-refractivity contribution in [2.75, 3.05) is 32.0 Å². The van der Waals surface area contributed by atoms with Crippen molar-refractivity contribution in [2.45, 2.75) is 6.92 Å². The van der Waals surface area contributed by atoms with E-state index in [9.17, 15) is 14.9 Å². The van der Waals surface area contributed by atoms with E-state index in [0.717, 1.165) is 6.54 Å². The van der Waals surface area contributed by atoms with Crippen molar-refractivity contribution in [1.82, 2.24) is 10.6 Å². The maximum absolute atomic E-state index is 11.4. The van der Waals surface area contributed by atoms with Gasteiger partial charge in [0.05, 0.1) is 4.92 Å². The fraction of sp³-hybridized carbons (Fsp3) is 0.417. The third kappa shape index (κ3) is 4.22. The molecule has 0 atom stereocenters. The molecule has 1 aromatic rings. The van der Waals surface area contributed by atoms with Crippen molar-refractivity contribution in [3.8, 4) is 0 Å². The molecule has 104 valence electrons. The molecule has 1 amide bonds. The van der Waals surface area contributed by atoms with E-state index < -0.39 is 4.92 Å². The lowest BCUT2D eigenvalue weighted by atomic mass is 10.1. The number of nitro groups is 1. The molecule has 7 heteroatoms. The van der Waals surface area contributed by atoms with Gasteiger partial charge in [-0.05, 0) is 18.7 Å². The van der Waals surface area contributed by atoms with Gasteiger partial charge in [0.25, 0.3) is 11.6 Å². The standard InChI is InChI=1S/C12H18N4O3/c1-3-14-6-7-15-10-5-4-9(12(17)13-2)8-11(10)16(18)19/h4-5,8,14-15H,3,6-7H2,1-2H3,(H,13,17). The number of hydrogen-bond donors (Lipinski definition) is 3. The lowest BCUT2D eigenvalue weighted by Gasteiger charge is -2.08. The first-order valence-electron chi connectivity index (χ1n) is 6.05. The van der Waals surface area contributed by atoms with Crippen LogP contribution in [0.25, 0.3) is 0 Å². The third-order valence-corrected chi connectivity index (χ3v) is 2.55. The lowest BCUT2D eigenvalue weighted by Crippen LogP contribution is -2.22. The summed E-state index contributed by atoms with van der Waals surface area (Å²) in [5.41, 5.74) is 0.583. The molecule has 19 heavy (non-hydrogen) atoms. The number of hydrogen-bond acceptors (Lipinski definition) is 5. The SMILES string of the molecule is CCNCCNc1ccc(C(=O)NC)cc1[N+](=O)[O-]. The van der Waals surface area contributed by atoms with Crippen LogP contribution in [0.15, 0.2) is 18.2 Å². The largest absolute Gasteiger partial charge is 0.378 e. The van der Waals surface area contributed by atoms with Crippen molar-refractivity contribution in [2.24, 2.45) is 0 Å². The molecule has 7 nitrogen and oxygen atoms in total. The molecule has 0 unspecified atom stereocenters. The van der Waals surface area contributed by atoms with Gasteiger partial charge >= 0.3 is 0 Å². The van der Waals surface area contributed by atoms with E-state index in [2.05, 4.69) is 16.0 Å². The molecule has 0 fully saturated rings. The molecule has 3 N–H and O–H groups in total. The van der Waals surface area contributed by atoms with E-state index in [1.807, 2.05) is 6.92 Å². The minimum Gasteiger partial charge on any atom is -0.378 e. The monoisotopic (exact) mass is 266 g/mol.